The van der Waals surface area contributed by atoms with E-state index in [0.717, 1.165) is 5.56 Å². The molecule has 7 nitrogen and oxygen atoms in total. The summed E-state index contributed by atoms with van der Waals surface area (Å²) in [5.74, 6) is -0.686. The van der Waals surface area contributed by atoms with Crippen molar-refractivity contribution in [3.05, 3.63) is 46.5 Å². The maximum Gasteiger partial charge on any atom is 0.337 e. The van der Waals surface area contributed by atoms with Crippen molar-refractivity contribution >= 4 is 29.2 Å². The van der Waals surface area contributed by atoms with Gasteiger partial charge in [-0.1, -0.05) is 11.6 Å². The van der Waals surface area contributed by atoms with E-state index in [1.54, 1.807) is 25.1 Å². The third-order valence-electron chi connectivity index (χ3n) is 3.82. The van der Waals surface area contributed by atoms with Crippen molar-refractivity contribution in [2.75, 3.05) is 19.5 Å². The molecule has 0 fully saturated rings. The molecule has 0 aromatic heterocycles. The number of carboxylic acid groups (broad SMARTS) is 1. The molecule has 1 amide bonds. The molecule has 8 heteroatoms. The number of anilines is 1. The standard InChI is InChI=1S/C19H20ClNO6/c1-10-7-12(20)5-6-15(10)27-11(2)18(22)21-14-9-17(26-4)16(25-3)8-13(14)19(23)24/h5-9,11H,1-4H3,(H,21,22)(H,23,24)/t11-/m0/s1. The number of ether oxygens (including phenoxy) is 3. The predicted molar refractivity (Wildman–Crippen MR) is 101 cm³/mol. The molecule has 0 spiro atoms. The fourth-order valence-corrected chi connectivity index (χ4v) is 2.61. The highest BCUT2D eigenvalue weighted by Gasteiger charge is 2.21. The lowest BCUT2D eigenvalue weighted by atomic mass is 10.1. The van der Waals surface area contributed by atoms with Gasteiger partial charge in [0, 0.05) is 17.2 Å². The Labute approximate surface area is 161 Å². The summed E-state index contributed by atoms with van der Waals surface area (Å²) >= 11 is 5.91. The summed E-state index contributed by atoms with van der Waals surface area (Å²) < 4.78 is 15.9. The highest BCUT2D eigenvalue weighted by atomic mass is 35.5. The minimum absolute atomic E-state index is 0.0772. The van der Waals surface area contributed by atoms with Crippen LogP contribution in [0.2, 0.25) is 5.02 Å². The number of aryl methyl sites for hydroxylation is 1. The van der Waals surface area contributed by atoms with Crippen molar-refractivity contribution in [2.24, 2.45) is 0 Å². The van der Waals surface area contributed by atoms with Crippen LogP contribution in [0.5, 0.6) is 17.2 Å². The molecule has 0 aliphatic carbocycles. The van der Waals surface area contributed by atoms with E-state index in [2.05, 4.69) is 5.32 Å². The number of methoxy groups -OCH3 is 2. The van der Waals surface area contributed by atoms with Crippen LogP contribution in [-0.4, -0.2) is 37.3 Å². The number of aromatic carboxylic acids is 1. The van der Waals surface area contributed by atoms with Crippen LogP contribution in [-0.2, 0) is 4.79 Å². The minimum Gasteiger partial charge on any atom is -0.493 e. The van der Waals surface area contributed by atoms with Crippen LogP contribution in [0.1, 0.15) is 22.8 Å². The van der Waals surface area contributed by atoms with Crippen molar-refractivity contribution in [3.8, 4) is 17.2 Å². The zero-order valence-electron chi connectivity index (χ0n) is 15.3. The molecule has 1 atom stereocenters. The summed E-state index contributed by atoms with van der Waals surface area (Å²) in [5, 5.41) is 12.5. The molecule has 0 heterocycles. The molecule has 27 heavy (non-hydrogen) atoms. The SMILES string of the molecule is COc1cc(NC(=O)[C@H](C)Oc2ccc(Cl)cc2C)c(C(=O)O)cc1OC. The van der Waals surface area contributed by atoms with Gasteiger partial charge in [0.25, 0.3) is 5.91 Å². The average molecular weight is 394 g/mol. The van der Waals surface area contributed by atoms with E-state index in [4.69, 9.17) is 25.8 Å². The van der Waals surface area contributed by atoms with Gasteiger partial charge in [-0.3, -0.25) is 4.79 Å². The molecule has 0 aliphatic heterocycles. The van der Waals surface area contributed by atoms with Gasteiger partial charge in [0.15, 0.2) is 17.6 Å². The second kappa shape index (κ2) is 8.64. The summed E-state index contributed by atoms with van der Waals surface area (Å²) in [6, 6.07) is 7.72. The lowest BCUT2D eigenvalue weighted by Crippen LogP contribution is -2.31. The van der Waals surface area contributed by atoms with Crippen LogP contribution in [0, 0.1) is 6.92 Å². The van der Waals surface area contributed by atoms with Gasteiger partial charge in [0.1, 0.15) is 5.75 Å². The maximum atomic E-state index is 12.5. The summed E-state index contributed by atoms with van der Waals surface area (Å²) in [7, 11) is 2.81. The lowest BCUT2D eigenvalue weighted by molar-refractivity contribution is -0.122. The molecule has 2 N–H and O–H groups in total. The predicted octanol–water partition coefficient (Wildman–Crippen LogP) is 3.77. The van der Waals surface area contributed by atoms with Gasteiger partial charge in [-0.25, -0.2) is 4.79 Å². The molecule has 0 unspecified atom stereocenters. The third-order valence-corrected chi connectivity index (χ3v) is 4.06. The van der Waals surface area contributed by atoms with Crippen molar-refractivity contribution in [2.45, 2.75) is 20.0 Å². The third kappa shape index (κ3) is 4.83. The fraction of sp³-hybridized carbons (Fsp3) is 0.263. The molecule has 0 bridgehead atoms. The van der Waals surface area contributed by atoms with Crippen LogP contribution >= 0.6 is 11.6 Å². The lowest BCUT2D eigenvalue weighted by Gasteiger charge is -2.18. The van der Waals surface area contributed by atoms with Gasteiger partial charge in [-0.2, -0.15) is 0 Å². The summed E-state index contributed by atoms with van der Waals surface area (Å²) in [4.78, 5) is 24.0. The van der Waals surface area contributed by atoms with Gasteiger partial charge in [-0.15, -0.1) is 0 Å². The van der Waals surface area contributed by atoms with Crippen LogP contribution < -0.4 is 19.5 Å². The van der Waals surface area contributed by atoms with Gasteiger partial charge < -0.3 is 24.6 Å². The molecule has 2 aromatic carbocycles. The molecule has 144 valence electrons. The number of rotatable bonds is 7. The summed E-state index contributed by atoms with van der Waals surface area (Å²) in [6.45, 7) is 3.37. The van der Waals surface area contributed by atoms with Crippen LogP contribution in [0.15, 0.2) is 30.3 Å². The highest BCUT2D eigenvalue weighted by Crippen LogP contribution is 2.33. The van der Waals surface area contributed by atoms with E-state index in [1.807, 2.05) is 6.92 Å². The quantitative estimate of drug-likeness (QED) is 0.743. The van der Waals surface area contributed by atoms with Crippen molar-refractivity contribution < 1.29 is 28.9 Å². The van der Waals surface area contributed by atoms with Gasteiger partial charge in [-0.05, 0) is 37.6 Å². The summed E-state index contributed by atoms with van der Waals surface area (Å²) in [6.07, 6.45) is -0.875. The molecule has 0 aliphatic rings. The van der Waals surface area contributed by atoms with Crippen LogP contribution in [0.3, 0.4) is 0 Å². The number of amides is 1. The van der Waals surface area contributed by atoms with E-state index in [9.17, 15) is 14.7 Å². The first-order valence-electron chi connectivity index (χ1n) is 7.99. The number of nitrogens with one attached hydrogen (secondary N) is 1. The number of carbonyl (C=O) groups is 2. The molecule has 2 aromatic rings. The highest BCUT2D eigenvalue weighted by molar-refractivity contribution is 6.30. The largest absolute Gasteiger partial charge is 0.493 e. The Kier molecular flexibility index (Phi) is 6.52. The molecule has 2 rings (SSSR count). The maximum absolute atomic E-state index is 12.5. The Hall–Kier alpha value is -2.93. The van der Waals surface area contributed by atoms with Crippen LogP contribution in [0.25, 0.3) is 0 Å². The number of hydrogen-bond donors (Lipinski definition) is 2. The second-order valence-corrected chi connectivity index (χ2v) is 6.15. The van der Waals surface area contributed by atoms with E-state index in [-0.39, 0.29) is 17.0 Å². The first-order chi connectivity index (χ1) is 12.8. The van der Waals surface area contributed by atoms with E-state index in [1.165, 1.54) is 26.4 Å². The normalized spacial score (nSPS) is 11.4. The van der Waals surface area contributed by atoms with E-state index >= 15 is 0 Å². The number of carboxylic acids is 1. The monoisotopic (exact) mass is 393 g/mol. The fourth-order valence-electron chi connectivity index (χ4n) is 2.38. The Morgan fingerprint density at radius 2 is 1.70 bits per heavy atom. The van der Waals surface area contributed by atoms with Crippen molar-refractivity contribution in [1.29, 1.82) is 0 Å². The average Bonchev–Trinajstić information content (AvgIpc) is 2.63. The van der Waals surface area contributed by atoms with Crippen molar-refractivity contribution in [3.63, 3.8) is 0 Å². The minimum atomic E-state index is -1.21. The molecule has 0 saturated carbocycles. The molecule has 0 saturated heterocycles. The first kappa shape index (κ1) is 20.4. The number of halogens is 1. The van der Waals surface area contributed by atoms with Gasteiger partial charge in [0.05, 0.1) is 25.5 Å². The Bertz CT molecular complexity index is 868. The molecule has 0 radical (unpaired) electrons. The van der Waals surface area contributed by atoms with E-state index < -0.39 is 18.0 Å². The zero-order chi connectivity index (χ0) is 20.1. The first-order valence-corrected chi connectivity index (χ1v) is 8.37. The number of carbonyl (C=O) groups excluding carboxylic acids is 1. The molecular formula is C19H20ClNO6. The Balaban J connectivity index is 2.24. The van der Waals surface area contributed by atoms with Crippen molar-refractivity contribution in [1.82, 2.24) is 0 Å². The van der Waals surface area contributed by atoms with Gasteiger partial charge in [0.2, 0.25) is 0 Å². The molecular weight excluding hydrogens is 374 g/mol. The zero-order valence-corrected chi connectivity index (χ0v) is 16.1. The van der Waals surface area contributed by atoms with Gasteiger partial charge >= 0.3 is 5.97 Å². The number of benzene rings is 2. The van der Waals surface area contributed by atoms with Crippen LogP contribution in [0.4, 0.5) is 5.69 Å². The van der Waals surface area contributed by atoms with E-state index in [0.29, 0.717) is 16.5 Å². The topological polar surface area (TPSA) is 94.1 Å². The Morgan fingerprint density at radius 3 is 2.26 bits per heavy atom. The second-order valence-electron chi connectivity index (χ2n) is 5.72. The summed E-state index contributed by atoms with van der Waals surface area (Å²) in [5.41, 5.74) is 0.726. The Morgan fingerprint density at radius 1 is 1.07 bits per heavy atom. The smallest absolute Gasteiger partial charge is 0.337 e. The number of hydrogen-bond acceptors (Lipinski definition) is 5.